The van der Waals surface area contributed by atoms with Crippen LogP contribution in [0.3, 0.4) is 0 Å². The van der Waals surface area contributed by atoms with E-state index in [0.717, 1.165) is 31.0 Å². The van der Waals surface area contributed by atoms with Gasteiger partial charge in [0.05, 0.1) is 23.9 Å². The molecule has 1 aliphatic carbocycles. The average Bonchev–Trinajstić information content (AvgIpc) is 3.04. The van der Waals surface area contributed by atoms with Gasteiger partial charge >= 0.3 is 0 Å². The highest BCUT2D eigenvalue weighted by molar-refractivity contribution is 5.14. The summed E-state index contributed by atoms with van der Waals surface area (Å²) in [5, 5.41) is 17.0. The summed E-state index contributed by atoms with van der Waals surface area (Å²) in [6.45, 7) is 3.12. The summed E-state index contributed by atoms with van der Waals surface area (Å²) in [5.74, 6) is 0.915. The van der Waals surface area contributed by atoms with E-state index in [1.165, 1.54) is 25.0 Å². The quantitative estimate of drug-likeness (QED) is 0.734. The third-order valence-corrected chi connectivity index (χ3v) is 3.10. The first-order valence-corrected chi connectivity index (χ1v) is 6.13. The first-order chi connectivity index (χ1) is 7.85. The van der Waals surface area contributed by atoms with Gasteiger partial charge in [-0.1, -0.05) is 31.4 Å². The van der Waals surface area contributed by atoms with Crippen molar-refractivity contribution in [3.05, 3.63) is 11.4 Å². The van der Waals surface area contributed by atoms with Crippen LogP contribution < -0.4 is 0 Å². The smallest absolute Gasteiger partial charge is 0.0999 e. The van der Waals surface area contributed by atoms with Crippen molar-refractivity contribution in [1.29, 1.82) is 5.26 Å². The summed E-state index contributed by atoms with van der Waals surface area (Å²) >= 11 is 0. The molecule has 1 saturated carbocycles. The fourth-order valence-corrected chi connectivity index (χ4v) is 1.98. The fourth-order valence-electron chi connectivity index (χ4n) is 1.98. The van der Waals surface area contributed by atoms with E-state index >= 15 is 0 Å². The molecule has 4 heteroatoms. The number of aromatic nitrogens is 3. The molecular weight excluding hydrogens is 200 g/mol. The van der Waals surface area contributed by atoms with Gasteiger partial charge in [0.2, 0.25) is 0 Å². The lowest BCUT2D eigenvalue weighted by Crippen LogP contribution is -2.07. The lowest BCUT2D eigenvalue weighted by molar-refractivity contribution is 0.512. The maximum Gasteiger partial charge on any atom is 0.0999 e. The molecule has 0 N–H and O–H groups in total. The predicted molar refractivity (Wildman–Crippen MR) is 60.7 cm³/mol. The number of aryl methyl sites for hydroxylation is 1. The first kappa shape index (κ1) is 11.1. The summed E-state index contributed by atoms with van der Waals surface area (Å²) in [5.41, 5.74) is 2.05. The molecule has 0 aromatic carbocycles. The van der Waals surface area contributed by atoms with E-state index in [0.29, 0.717) is 6.42 Å². The second-order valence-corrected chi connectivity index (χ2v) is 4.52. The zero-order valence-corrected chi connectivity index (χ0v) is 9.82. The molecule has 86 valence electrons. The molecule has 0 amide bonds. The van der Waals surface area contributed by atoms with E-state index in [-0.39, 0.29) is 0 Å². The Morgan fingerprint density at radius 2 is 2.31 bits per heavy atom. The lowest BCUT2D eigenvalue weighted by atomic mass is 10.1. The van der Waals surface area contributed by atoms with Crippen molar-refractivity contribution < 1.29 is 0 Å². The van der Waals surface area contributed by atoms with Crippen molar-refractivity contribution in [2.75, 3.05) is 0 Å². The molecule has 1 heterocycles. The van der Waals surface area contributed by atoms with E-state index in [1.54, 1.807) is 0 Å². The Bertz CT molecular complexity index is 384. The summed E-state index contributed by atoms with van der Waals surface area (Å²) in [4.78, 5) is 0. The molecule has 2 rings (SSSR count). The van der Waals surface area contributed by atoms with Gasteiger partial charge in [-0.3, -0.25) is 0 Å². The standard InChI is InChI=1S/C12H18N4/c1-2-3-12-11(6-8-13)14-15-16(12)9-7-10-4-5-10/h10H,2-7,9H2,1H3. The highest BCUT2D eigenvalue weighted by Gasteiger charge is 2.21. The molecular formula is C12H18N4. The molecule has 0 aliphatic heterocycles. The van der Waals surface area contributed by atoms with Crippen LogP contribution in [0, 0.1) is 17.2 Å². The molecule has 0 saturated heterocycles. The highest BCUT2D eigenvalue weighted by Crippen LogP contribution is 2.32. The molecule has 0 atom stereocenters. The normalized spacial score (nSPS) is 15.0. The highest BCUT2D eigenvalue weighted by atomic mass is 15.4. The molecule has 1 fully saturated rings. The number of nitriles is 1. The second kappa shape index (κ2) is 5.11. The van der Waals surface area contributed by atoms with Crippen LogP contribution in [0.5, 0.6) is 0 Å². The molecule has 16 heavy (non-hydrogen) atoms. The Kier molecular flexibility index (Phi) is 3.55. The van der Waals surface area contributed by atoms with Gasteiger partial charge in [-0.05, 0) is 18.8 Å². The van der Waals surface area contributed by atoms with E-state index in [2.05, 4.69) is 23.3 Å². The van der Waals surface area contributed by atoms with Crippen LogP contribution in [-0.4, -0.2) is 15.0 Å². The van der Waals surface area contributed by atoms with Crippen molar-refractivity contribution >= 4 is 0 Å². The molecule has 0 radical (unpaired) electrons. The van der Waals surface area contributed by atoms with Gasteiger partial charge in [-0.2, -0.15) is 5.26 Å². The van der Waals surface area contributed by atoms with Gasteiger partial charge in [0.25, 0.3) is 0 Å². The summed E-state index contributed by atoms with van der Waals surface area (Å²) in [7, 11) is 0. The van der Waals surface area contributed by atoms with Crippen molar-refractivity contribution in [3.8, 4) is 6.07 Å². The third-order valence-electron chi connectivity index (χ3n) is 3.10. The van der Waals surface area contributed by atoms with Crippen LogP contribution in [0.4, 0.5) is 0 Å². The van der Waals surface area contributed by atoms with Gasteiger partial charge in [0.15, 0.2) is 0 Å². The molecule has 1 aliphatic rings. The van der Waals surface area contributed by atoms with Gasteiger partial charge in [-0.25, -0.2) is 4.68 Å². The van der Waals surface area contributed by atoms with Crippen LogP contribution >= 0.6 is 0 Å². The van der Waals surface area contributed by atoms with Gasteiger partial charge < -0.3 is 0 Å². The monoisotopic (exact) mass is 218 g/mol. The van der Waals surface area contributed by atoms with E-state index in [9.17, 15) is 0 Å². The van der Waals surface area contributed by atoms with Crippen LogP contribution in [0.1, 0.15) is 44.0 Å². The maximum absolute atomic E-state index is 8.72. The Morgan fingerprint density at radius 3 is 2.94 bits per heavy atom. The molecule has 4 nitrogen and oxygen atoms in total. The predicted octanol–water partition coefficient (Wildman–Crippen LogP) is 2.10. The van der Waals surface area contributed by atoms with Crippen LogP contribution in [-0.2, 0) is 19.4 Å². The minimum absolute atomic E-state index is 0.388. The summed E-state index contributed by atoms with van der Waals surface area (Å²) < 4.78 is 2.01. The minimum atomic E-state index is 0.388. The van der Waals surface area contributed by atoms with E-state index in [1.807, 2.05) is 4.68 Å². The average molecular weight is 218 g/mol. The summed E-state index contributed by atoms with van der Waals surface area (Å²) in [6, 6.07) is 2.16. The molecule has 1 aromatic rings. The molecule has 1 aromatic heterocycles. The second-order valence-electron chi connectivity index (χ2n) is 4.52. The lowest BCUT2D eigenvalue weighted by Gasteiger charge is -2.05. The van der Waals surface area contributed by atoms with Crippen LogP contribution in [0.2, 0.25) is 0 Å². The Balaban J connectivity index is 2.05. The number of hydrogen-bond donors (Lipinski definition) is 0. The maximum atomic E-state index is 8.72. The Labute approximate surface area is 96.3 Å². The van der Waals surface area contributed by atoms with Gasteiger partial charge in [-0.15, -0.1) is 5.10 Å². The van der Waals surface area contributed by atoms with Gasteiger partial charge in [0.1, 0.15) is 0 Å². The topological polar surface area (TPSA) is 54.5 Å². The molecule has 0 unspecified atom stereocenters. The Hall–Kier alpha value is -1.37. The Morgan fingerprint density at radius 1 is 1.50 bits per heavy atom. The van der Waals surface area contributed by atoms with Gasteiger partial charge in [0, 0.05) is 6.54 Å². The van der Waals surface area contributed by atoms with E-state index in [4.69, 9.17) is 5.26 Å². The minimum Gasteiger partial charge on any atom is -0.249 e. The summed E-state index contributed by atoms with van der Waals surface area (Å²) in [6.07, 6.45) is 6.42. The fraction of sp³-hybridized carbons (Fsp3) is 0.750. The largest absolute Gasteiger partial charge is 0.249 e. The zero-order chi connectivity index (χ0) is 11.4. The van der Waals surface area contributed by atoms with E-state index < -0.39 is 0 Å². The number of hydrogen-bond acceptors (Lipinski definition) is 3. The first-order valence-electron chi connectivity index (χ1n) is 6.13. The van der Waals surface area contributed by atoms with Crippen molar-refractivity contribution in [1.82, 2.24) is 15.0 Å². The van der Waals surface area contributed by atoms with Crippen LogP contribution in [0.25, 0.3) is 0 Å². The molecule has 0 bridgehead atoms. The number of rotatable bonds is 6. The van der Waals surface area contributed by atoms with Crippen molar-refractivity contribution in [2.45, 2.75) is 52.0 Å². The zero-order valence-electron chi connectivity index (χ0n) is 9.82. The molecule has 0 spiro atoms. The SMILES string of the molecule is CCCc1c(CC#N)nnn1CCC1CC1. The van der Waals surface area contributed by atoms with Crippen molar-refractivity contribution in [2.24, 2.45) is 5.92 Å². The number of nitrogens with zero attached hydrogens (tertiary/aromatic N) is 4. The third kappa shape index (κ3) is 2.60. The van der Waals surface area contributed by atoms with Crippen molar-refractivity contribution in [3.63, 3.8) is 0 Å². The van der Waals surface area contributed by atoms with Crippen LogP contribution in [0.15, 0.2) is 0 Å².